The summed E-state index contributed by atoms with van der Waals surface area (Å²) in [5, 5.41) is 11.5. The first-order valence-electron chi connectivity index (χ1n) is 11.2. The number of amides is 3. The van der Waals surface area contributed by atoms with E-state index in [2.05, 4.69) is 12.2 Å². The highest BCUT2D eigenvalue weighted by molar-refractivity contribution is 6.34. The summed E-state index contributed by atoms with van der Waals surface area (Å²) in [6.07, 6.45) is 5.25. The largest absolute Gasteiger partial charge is 0.288 e. The zero-order valence-electron chi connectivity index (χ0n) is 17.9. The maximum Gasteiger partial charge on any atom is 0.270 e. The summed E-state index contributed by atoms with van der Waals surface area (Å²) in [6.45, 7) is -0.301. The molecule has 34 heavy (non-hydrogen) atoms. The summed E-state index contributed by atoms with van der Waals surface area (Å²) in [5.41, 5.74) is 0.153. The molecule has 2 aromatic rings. The SMILES string of the molecule is O=C1C2C3C=CC(C4CC34)C2C(=O)N1CN(C(=O)c1cccc([N+](=O)[O-])c1)c1ccccc1Cl. The number of anilines is 1. The van der Waals surface area contributed by atoms with E-state index in [1.54, 1.807) is 24.3 Å². The number of benzene rings is 2. The van der Waals surface area contributed by atoms with Gasteiger partial charge in [0.25, 0.3) is 11.6 Å². The van der Waals surface area contributed by atoms with Crippen molar-refractivity contribution in [3.8, 4) is 0 Å². The van der Waals surface area contributed by atoms with Crippen LogP contribution in [0.25, 0.3) is 0 Å². The number of likely N-dealkylation sites (tertiary alicyclic amines) is 1. The first-order chi connectivity index (χ1) is 16.4. The Hall–Kier alpha value is -3.52. The van der Waals surface area contributed by atoms with Crippen LogP contribution in [0.2, 0.25) is 5.02 Å². The predicted octanol–water partition coefficient (Wildman–Crippen LogP) is 3.91. The average molecular weight is 478 g/mol. The second-order valence-corrected chi connectivity index (χ2v) is 9.80. The average Bonchev–Trinajstić information content (AvgIpc) is 3.63. The number of allylic oxidation sites excluding steroid dienone is 2. The molecule has 6 atom stereocenters. The Morgan fingerprint density at radius 1 is 1.03 bits per heavy atom. The molecule has 2 bridgehead atoms. The molecule has 3 amide bonds. The van der Waals surface area contributed by atoms with E-state index in [9.17, 15) is 24.5 Å². The molecule has 1 aliphatic heterocycles. The number of para-hydroxylation sites is 1. The van der Waals surface area contributed by atoms with Gasteiger partial charge in [-0.3, -0.25) is 34.3 Å². The summed E-state index contributed by atoms with van der Waals surface area (Å²) in [7, 11) is 0. The second kappa shape index (κ2) is 7.50. The van der Waals surface area contributed by atoms with Crippen molar-refractivity contribution in [3.63, 3.8) is 0 Å². The molecule has 0 aromatic heterocycles. The van der Waals surface area contributed by atoms with E-state index in [1.807, 2.05) is 0 Å². The monoisotopic (exact) mass is 477 g/mol. The first-order valence-corrected chi connectivity index (χ1v) is 11.6. The lowest BCUT2D eigenvalue weighted by molar-refractivity contribution is -0.384. The van der Waals surface area contributed by atoms with Crippen LogP contribution >= 0.6 is 11.6 Å². The Morgan fingerprint density at radius 3 is 2.29 bits per heavy atom. The molecule has 7 rings (SSSR count). The first kappa shape index (κ1) is 21.0. The standard InChI is InChI=1S/C25H20ClN3O5/c26-19-6-1-2-7-20(19)27(23(30)13-4-3-5-14(10-13)29(33)34)12-28-24(31)21-15-8-9-16(18-11-17(15)18)22(21)25(28)32/h1-10,15-18,21-22H,11-12H2. The number of nitro benzene ring substituents is 1. The van der Waals surface area contributed by atoms with E-state index in [4.69, 9.17) is 11.6 Å². The molecule has 4 aliphatic carbocycles. The lowest BCUT2D eigenvalue weighted by Gasteiger charge is -2.37. The van der Waals surface area contributed by atoms with Gasteiger partial charge in [-0.25, -0.2) is 0 Å². The van der Waals surface area contributed by atoms with E-state index in [0.717, 1.165) is 6.42 Å². The van der Waals surface area contributed by atoms with Crippen molar-refractivity contribution in [2.45, 2.75) is 6.42 Å². The Balaban J connectivity index is 1.36. The van der Waals surface area contributed by atoms with Gasteiger partial charge >= 0.3 is 0 Å². The molecule has 0 N–H and O–H groups in total. The third-order valence-corrected chi connectivity index (χ3v) is 8.05. The van der Waals surface area contributed by atoms with Crippen molar-refractivity contribution < 1.29 is 19.3 Å². The van der Waals surface area contributed by atoms with E-state index in [1.165, 1.54) is 34.1 Å². The predicted molar refractivity (Wildman–Crippen MR) is 123 cm³/mol. The van der Waals surface area contributed by atoms with Gasteiger partial charge in [0.2, 0.25) is 11.8 Å². The van der Waals surface area contributed by atoms with Gasteiger partial charge in [0, 0.05) is 17.7 Å². The van der Waals surface area contributed by atoms with Gasteiger partial charge in [-0.15, -0.1) is 0 Å². The number of hydrogen-bond donors (Lipinski definition) is 0. The number of imide groups is 1. The number of halogens is 1. The van der Waals surface area contributed by atoms with Crippen molar-refractivity contribution in [1.82, 2.24) is 4.90 Å². The van der Waals surface area contributed by atoms with Crippen LogP contribution in [0, 0.1) is 45.6 Å². The van der Waals surface area contributed by atoms with Crippen molar-refractivity contribution in [3.05, 3.63) is 81.4 Å². The minimum atomic E-state index is -0.587. The summed E-state index contributed by atoms with van der Waals surface area (Å²) < 4.78 is 0. The molecule has 0 spiro atoms. The molecule has 1 saturated heterocycles. The molecule has 0 radical (unpaired) electrons. The number of non-ortho nitro benzene ring substituents is 1. The van der Waals surface area contributed by atoms with Gasteiger partial charge in [0.15, 0.2) is 0 Å². The molecule has 8 nitrogen and oxygen atoms in total. The minimum Gasteiger partial charge on any atom is -0.288 e. The van der Waals surface area contributed by atoms with E-state index < -0.39 is 10.8 Å². The highest BCUT2D eigenvalue weighted by Crippen LogP contribution is 2.65. The summed E-state index contributed by atoms with van der Waals surface area (Å²) in [6, 6.07) is 12.0. The van der Waals surface area contributed by atoms with Gasteiger partial charge in [-0.05, 0) is 48.3 Å². The van der Waals surface area contributed by atoms with Gasteiger partial charge in [0.1, 0.15) is 6.67 Å². The third kappa shape index (κ3) is 3.01. The minimum absolute atomic E-state index is 0.0635. The van der Waals surface area contributed by atoms with Gasteiger partial charge in [0.05, 0.1) is 27.5 Å². The summed E-state index contributed by atoms with van der Waals surface area (Å²) >= 11 is 6.39. The lowest BCUT2D eigenvalue weighted by Crippen LogP contribution is -2.45. The summed E-state index contributed by atoms with van der Waals surface area (Å²) in [5.74, 6) is -0.786. The van der Waals surface area contributed by atoms with Crippen LogP contribution in [0.15, 0.2) is 60.7 Å². The molecular formula is C25H20ClN3O5. The smallest absolute Gasteiger partial charge is 0.270 e. The quantitative estimate of drug-likeness (QED) is 0.281. The number of carbonyl (C=O) groups excluding carboxylic acids is 3. The highest BCUT2D eigenvalue weighted by Gasteiger charge is 2.67. The molecule has 2 saturated carbocycles. The summed E-state index contributed by atoms with van der Waals surface area (Å²) in [4.78, 5) is 53.6. The van der Waals surface area contributed by atoms with Crippen LogP contribution in [-0.4, -0.2) is 34.2 Å². The molecule has 5 aliphatic rings. The van der Waals surface area contributed by atoms with Crippen LogP contribution in [-0.2, 0) is 9.59 Å². The zero-order valence-corrected chi connectivity index (χ0v) is 18.7. The molecule has 2 aromatic carbocycles. The Kier molecular flexibility index (Phi) is 4.64. The van der Waals surface area contributed by atoms with Crippen LogP contribution in [0.5, 0.6) is 0 Å². The van der Waals surface area contributed by atoms with Crippen molar-refractivity contribution in [2.24, 2.45) is 35.5 Å². The number of hydrogen-bond acceptors (Lipinski definition) is 5. The molecule has 172 valence electrons. The fourth-order valence-corrected chi connectivity index (χ4v) is 6.37. The van der Waals surface area contributed by atoms with Crippen molar-refractivity contribution in [2.75, 3.05) is 11.6 Å². The van der Waals surface area contributed by atoms with Crippen LogP contribution < -0.4 is 4.90 Å². The maximum absolute atomic E-state index is 13.6. The fraction of sp³-hybridized carbons (Fsp3) is 0.320. The van der Waals surface area contributed by atoms with E-state index in [-0.39, 0.29) is 58.4 Å². The topological polar surface area (TPSA) is 101 Å². The van der Waals surface area contributed by atoms with Gasteiger partial charge in [-0.2, -0.15) is 0 Å². The molecule has 3 fully saturated rings. The Labute approximate surface area is 199 Å². The number of nitro groups is 1. The molecular weight excluding hydrogens is 458 g/mol. The second-order valence-electron chi connectivity index (χ2n) is 9.39. The maximum atomic E-state index is 13.6. The van der Waals surface area contributed by atoms with Crippen LogP contribution in [0.4, 0.5) is 11.4 Å². The fourth-order valence-electron chi connectivity index (χ4n) is 6.13. The number of rotatable bonds is 5. The Morgan fingerprint density at radius 2 is 1.68 bits per heavy atom. The normalized spacial score (nSPS) is 30.2. The van der Waals surface area contributed by atoms with Crippen LogP contribution in [0.3, 0.4) is 0 Å². The molecule has 6 unspecified atom stereocenters. The third-order valence-electron chi connectivity index (χ3n) is 7.73. The number of nitrogens with zero attached hydrogens (tertiary/aromatic N) is 3. The highest BCUT2D eigenvalue weighted by atomic mass is 35.5. The Bertz CT molecular complexity index is 1260. The lowest BCUT2D eigenvalue weighted by atomic mass is 9.63. The van der Waals surface area contributed by atoms with E-state index in [0.29, 0.717) is 17.5 Å². The number of carbonyl (C=O) groups is 3. The van der Waals surface area contributed by atoms with Crippen molar-refractivity contribution in [1.29, 1.82) is 0 Å². The molecule has 1 heterocycles. The van der Waals surface area contributed by atoms with Crippen LogP contribution in [0.1, 0.15) is 16.8 Å². The van der Waals surface area contributed by atoms with Crippen molar-refractivity contribution >= 4 is 40.7 Å². The van der Waals surface area contributed by atoms with Gasteiger partial charge in [-0.1, -0.05) is 42.0 Å². The molecule has 9 heteroatoms. The van der Waals surface area contributed by atoms with E-state index >= 15 is 0 Å². The van der Waals surface area contributed by atoms with Gasteiger partial charge < -0.3 is 0 Å². The zero-order chi connectivity index (χ0) is 23.7.